The van der Waals surface area contributed by atoms with Gasteiger partial charge in [0, 0.05) is 14.2 Å². The average molecular weight is 166 g/mol. The molecule has 0 aliphatic heterocycles. The van der Waals surface area contributed by atoms with Gasteiger partial charge in [0.2, 0.25) is 0 Å². The number of rotatable bonds is 7. The van der Waals surface area contributed by atoms with Crippen LogP contribution < -0.4 is 0 Å². The number of aliphatic hydroxyl groups is 1. The van der Waals surface area contributed by atoms with Crippen LogP contribution >= 0.6 is 0 Å². The van der Waals surface area contributed by atoms with Crippen LogP contribution in [0.3, 0.4) is 0 Å². The molecule has 0 aromatic heterocycles. The number of methoxy groups -OCH3 is 2. The summed E-state index contributed by atoms with van der Waals surface area (Å²) < 4.78 is 18.6. The number of hydrogen-bond acceptors (Lipinski definition) is 5. The van der Waals surface area contributed by atoms with Gasteiger partial charge in [-0.05, 0) is 0 Å². The molecule has 5 heteroatoms. The molecule has 11 heavy (non-hydrogen) atoms. The molecule has 0 aliphatic carbocycles. The fourth-order valence-corrected chi connectivity index (χ4v) is 0.427. The summed E-state index contributed by atoms with van der Waals surface area (Å²) >= 11 is 0. The first-order valence-electron chi connectivity index (χ1n) is 3.16. The van der Waals surface area contributed by atoms with Crippen LogP contribution in [0.2, 0.25) is 0 Å². The third-order valence-electron chi connectivity index (χ3n) is 0.840. The minimum absolute atomic E-state index is 0.0531. The van der Waals surface area contributed by atoms with Crippen LogP contribution in [0, 0.1) is 0 Å². The minimum Gasteiger partial charge on any atom is -0.366 e. The molecule has 0 bridgehead atoms. The van der Waals surface area contributed by atoms with Crippen LogP contribution in [0.25, 0.3) is 0 Å². The maximum atomic E-state index is 8.92. The van der Waals surface area contributed by atoms with Gasteiger partial charge in [0.05, 0.1) is 0 Å². The molecular weight excluding hydrogens is 152 g/mol. The van der Waals surface area contributed by atoms with Crippen molar-refractivity contribution in [1.29, 1.82) is 0 Å². The summed E-state index contributed by atoms with van der Waals surface area (Å²) in [6.45, 7) is 0.280. The molecule has 0 aliphatic rings. The van der Waals surface area contributed by atoms with Crippen molar-refractivity contribution in [3.05, 3.63) is 0 Å². The molecule has 0 radical (unpaired) electrons. The van der Waals surface area contributed by atoms with Crippen molar-refractivity contribution in [2.24, 2.45) is 0 Å². The van der Waals surface area contributed by atoms with E-state index in [1.54, 1.807) is 0 Å². The fourth-order valence-electron chi connectivity index (χ4n) is 0.427. The maximum absolute atomic E-state index is 8.92. The summed E-state index contributed by atoms with van der Waals surface area (Å²) in [7, 11) is 2.98. The SMILES string of the molecule is COCOCC(O)OCOC. The van der Waals surface area contributed by atoms with E-state index in [0.717, 1.165) is 0 Å². The lowest BCUT2D eigenvalue weighted by atomic mass is 10.7. The second kappa shape index (κ2) is 7.90. The van der Waals surface area contributed by atoms with Gasteiger partial charge in [-0.3, -0.25) is 0 Å². The monoisotopic (exact) mass is 166 g/mol. The van der Waals surface area contributed by atoms with E-state index in [-0.39, 0.29) is 20.2 Å². The van der Waals surface area contributed by atoms with E-state index in [2.05, 4.69) is 9.47 Å². The van der Waals surface area contributed by atoms with Gasteiger partial charge in [-0.15, -0.1) is 0 Å². The highest BCUT2D eigenvalue weighted by Gasteiger charge is 2.02. The zero-order chi connectivity index (χ0) is 8.53. The van der Waals surface area contributed by atoms with Crippen LogP contribution in [0.4, 0.5) is 0 Å². The minimum atomic E-state index is -0.954. The predicted octanol–water partition coefficient (Wildman–Crippen LogP) is -0.454. The van der Waals surface area contributed by atoms with Gasteiger partial charge in [0.15, 0.2) is 6.29 Å². The van der Waals surface area contributed by atoms with Crippen molar-refractivity contribution >= 4 is 0 Å². The Labute approximate surface area is 65.8 Å². The summed E-state index contributed by atoms with van der Waals surface area (Å²) in [5, 5.41) is 8.92. The largest absolute Gasteiger partial charge is 0.366 e. The smallest absolute Gasteiger partial charge is 0.181 e. The molecule has 0 saturated heterocycles. The van der Waals surface area contributed by atoms with E-state index in [1.807, 2.05) is 0 Å². The molecule has 1 N–H and O–H groups in total. The summed E-state index contributed by atoms with van der Waals surface area (Å²) in [5.41, 5.74) is 0. The highest BCUT2D eigenvalue weighted by Crippen LogP contribution is 1.88. The summed E-state index contributed by atoms with van der Waals surface area (Å²) in [5.74, 6) is 0. The van der Waals surface area contributed by atoms with Gasteiger partial charge >= 0.3 is 0 Å². The van der Waals surface area contributed by atoms with E-state index in [0.29, 0.717) is 0 Å². The van der Waals surface area contributed by atoms with E-state index in [4.69, 9.17) is 14.6 Å². The number of aliphatic hydroxyl groups excluding tert-OH is 1. The normalized spacial score (nSPS) is 13.4. The van der Waals surface area contributed by atoms with Crippen LogP contribution in [0.15, 0.2) is 0 Å². The van der Waals surface area contributed by atoms with Gasteiger partial charge in [0.1, 0.15) is 20.2 Å². The van der Waals surface area contributed by atoms with Gasteiger partial charge in [-0.25, -0.2) is 0 Å². The van der Waals surface area contributed by atoms with Crippen LogP contribution in [-0.4, -0.2) is 45.8 Å². The third kappa shape index (κ3) is 7.70. The Kier molecular flexibility index (Phi) is 7.76. The summed E-state index contributed by atoms with van der Waals surface area (Å²) in [6.07, 6.45) is -0.954. The number of ether oxygens (including phenoxy) is 4. The van der Waals surface area contributed by atoms with Crippen LogP contribution in [0.5, 0.6) is 0 Å². The standard InChI is InChI=1S/C6H14O5/c1-8-4-10-3-6(7)11-5-9-2/h6-7H,3-5H2,1-2H3. The predicted molar refractivity (Wildman–Crippen MR) is 36.8 cm³/mol. The first-order chi connectivity index (χ1) is 5.31. The Balaban J connectivity index is 3.02. The molecule has 0 aromatic rings. The molecule has 0 rings (SSSR count). The molecule has 1 atom stereocenters. The summed E-state index contributed by atoms with van der Waals surface area (Å²) in [6, 6.07) is 0. The first-order valence-corrected chi connectivity index (χ1v) is 3.16. The highest BCUT2D eigenvalue weighted by molar-refractivity contribution is 4.32. The van der Waals surface area contributed by atoms with Gasteiger partial charge in [-0.1, -0.05) is 0 Å². The lowest BCUT2D eigenvalue weighted by molar-refractivity contribution is -0.196. The Morgan fingerprint density at radius 1 is 1.18 bits per heavy atom. The molecule has 1 unspecified atom stereocenters. The zero-order valence-electron chi connectivity index (χ0n) is 6.78. The van der Waals surface area contributed by atoms with Crippen molar-refractivity contribution in [2.45, 2.75) is 6.29 Å². The molecule has 5 nitrogen and oxygen atoms in total. The van der Waals surface area contributed by atoms with Crippen molar-refractivity contribution in [3.63, 3.8) is 0 Å². The van der Waals surface area contributed by atoms with Gasteiger partial charge < -0.3 is 24.1 Å². The second-order valence-electron chi connectivity index (χ2n) is 1.81. The summed E-state index contributed by atoms with van der Waals surface area (Å²) in [4.78, 5) is 0. The molecule has 0 spiro atoms. The van der Waals surface area contributed by atoms with E-state index < -0.39 is 6.29 Å². The van der Waals surface area contributed by atoms with Gasteiger partial charge in [0.25, 0.3) is 0 Å². The lowest BCUT2D eigenvalue weighted by Gasteiger charge is -2.10. The maximum Gasteiger partial charge on any atom is 0.181 e. The van der Waals surface area contributed by atoms with Crippen LogP contribution in [-0.2, 0) is 18.9 Å². The topological polar surface area (TPSA) is 57.2 Å². The molecule has 68 valence electrons. The molecule has 0 amide bonds. The number of hydrogen-bond donors (Lipinski definition) is 1. The van der Waals surface area contributed by atoms with Crippen molar-refractivity contribution in [2.75, 3.05) is 34.4 Å². The van der Waals surface area contributed by atoms with E-state index in [9.17, 15) is 0 Å². The lowest BCUT2D eigenvalue weighted by Crippen LogP contribution is -2.20. The third-order valence-corrected chi connectivity index (χ3v) is 0.840. The van der Waals surface area contributed by atoms with Crippen molar-refractivity contribution in [3.8, 4) is 0 Å². The molecule has 0 aromatic carbocycles. The Morgan fingerprint density at radius 3 is 2.36 bits per heavy atom. The molecule has 0 fully saturated rings. The first kappa shape index (κ1) is 10.8. The quantitative estimate of drug-likeness (QED) is 0.410. The van der Waals surface area contributed by atoms with Crippen LogP contribution in [0.1, 0.15) is 0 Å². The Hall–Kier alpha value is -0.200. The van der Waals surface area contributed by atoms with E-state index in [1.165, 1.54) is 14.2 Å². The molecule has 0 heterocycles. The van der Waals surface area contributed by atoms with Gasteiger partial charge in [-0.2, -0.15) is 0 Å². The second-order valence-corrected chi connectivity index (χ2v) is 1.81. The average Bonchev–Trinajstić information content (AvgIpc) is 2.01. The Morgan fingerprint density at radius 2 is 1.82 bits per heavy atom. The highest BCUT2D eigenvalue weighted by atomic mass is 16.7. The van der Waals surface area contributed by atoms with Crippen molar-refractivity contribution < 1.29 is 24.1 Å². The van der Waals surface area contributed by atoms with E-state index >= 15 is 0 Å². The van der Waals surface area contributed by atoms with Crippen molar-refractivity contribution in [1.82, 2.24) is 0 Å². The Bertz CT molecular complexity index is 77.4. The fraction of sp³-hybridized carbons (Fsp3) is 1.00. The molecule has 0 saturated carbocycles. The zero-order valence-corrected chi connectivity index (χ0v) is 6.78. The molecular formula is C6H14O5.